The molecule has 0 saturated carbocycles. The van der Waals surface area contributed by atoms with E-state index in [9.17, 15) is 0 Å². The van der Waals surface area contributed by atoms with Crippen molar-refractivity contribution in [2.45, 2.75) is 0 Å². The molecule has 0 amide bonds. The number of rotatable bonds is 0. The lowest BCUT2D eigenvalue weighted by atomic mass is 10.4. The van der Waals surface area contributed by atoms with Crippen molar-refractivity contribution in [1.82, 2.24) is 0 Å². The van der Waals surface area contributed by atoms with Gasteiger partial charge in [0, 0.05) is 5.38 Å². The quantitative estimate of drug-likeness (QED) is 0.632. The van der Waals surface area contributed by atoms with E-state index < -0.39 is 0 Å². The molecular weight excluding hydrogens is 233 g/mol. The van der Waals surface area contributed by atoms with Gasteiger partial charge in [0.2, 0.25) is 0 Å². The topological polar surface area (TPSA) is 23.8 Å². The van der Waals surface area contributed by atoms with Crippen molar-refractivity contribution in [3.8, 4) is 6.07 Å². The maximum atomic E-state index is 8.30. The third-order valence-corrected chi connectivity index (χ3v) is 2.49. The third kappa shape index (κ3) is 1.20. The van der Waals surface area contributed by atoms with Gasteiger partial charge >= 0.3 is 0 Å². The van der Waals surface area contributed by atoms with E-state index >= 15 is 0 Å². The summed E-state index contributed by atoms with van der Waals surface area (Å²) in [5.41, 5.74) is 0.763. The second kappa shape index (κ2) is 2.46. The molecule has 0 aromatic carbocycles. The molecule has 0 aliphatic carbocycles. The van der Waals surface area contributed by atoms with E-state index in [1.165, 1.54) is 2.88 Å². The summed E-state index contributed by atoms with van der Waals surface area (Å²) < 4.78 is 1.17. The lowest BCUT2D eigenvalue weighted by Gasteiger charge is -1.66. The van der Waals surface area contributed by atoms with Crippen LogP contribution in [0.1, 0.15) is 5.56 Å². The first-order valence-corrected chi connectivity index (χ1v) is 3.93. The van der Waals surface area contributed by atoms with Crippen molar-refractivity contribution in [3.63, 3.8) is 0 Å². The van der Waals surface area contributed by atoms with Crippen LogP contribution >= 0.6 is 33.9 Å². The van der Waals surface area contributed by atoms with Crippen molar-refractivity contribution >= 4 is 33.9 Å². The molecule has 0 fully saturated rings. The number of nitrogens with zero attached hydrogens (tertiary/aromatic N) is 1. The van der Waals surface area contributed by atoms with Gasteiger partial charge in [-0.25, -0.2) is 0 Å². The van der Waals surface area contributed by atoms with Crippen molar-refractivity contribution in [2.24, 2.45) is 0 Å². The zero-order valence-electron chi connectivity index (χ0n) is 3.89. The van der Waals surface area contributed by atoms with Gasteiger partial charge in [-0.1, -0.05) is 0 Å². The lowest BCUT2D eigenvalue weighted by molar-refractivity contribution is 1.51. The summed E-state index contributed by atoms with van der Waals surface area (Å²) >= 11 is 3.78. The molecule has 3 heteroatoms. The smallest absolute Gasteiger partial charge is 0.100 e. The standard InChI is InChI=1S/C5H2INS/c6-5-1-4(2-7)3-8-5/h1,3H. The molecule has 0 unspecified atom stereocenters. The highest BCUT2D eigenvalue weighted by molar-refractivity contribution is 14.1. The maximum Gasteiger partial charge on any atom is 0.100 e. The van der Waals surface area contributed by atoms with Crippen LogP contribution in [0.5, 0.6) is 0 Å². The summed E-state index contributed by atoms with van der Waals surface area (Å²) in [5.74, 6) is 0. The molecule has 0 atom stereocenters. The van der Waals surface area contributed by atoms with E-state index in [0.717, 1.165) is 5.56 Å². The summed E-state index contributed by atoms with van der Waals surface area (Å²) in [4.78, 5) is 0. The van der Waals surface area contributed by atoms with Crippen LogP contribution in [-0.4, -0.2) is 0 Å². The molecule has 0 N–H and O–H groups in total. The van der Waals surface area contributed by atoms with Crippen molar-refractivity contribution < 1.29 is 0 Å². The molecule has 40 valence electrons. The molecule has 1 aromatic rings. The van der Waals surface area contributed by atoms with Crippen molar-refractivity contribution in [2.75, 3.05) is 0 Å². The average molecular weight is 235 g/mol. The fourth-order valence-electron chi connectivity index (χ4n) is 0.369. The lowest BCUT2D eigenvalue weighted by Crippen LogP contribution is -1.57. The van der Waals surface area contributed by atoms with Gasteiger partial charge in [-0.2, -0.15) is 5.26 Å². The van der Waals surface area contributed by atoms with Crippen LogP contribution < -0.4 is 0 Å². The van der Waals surface area contributed by atoms with Crippen LogP contribution in [0.3, 0.4) is 0 Å². The van der Waals surface area contributed by atoms with Gasteiger partial charge in [0.1, 0.15) is 6.07 Å². The predicted octanol–water partition coefficient (Wildman–Crippen LogP) is 2.22. The second-order valence-electron chi connectivity index (χ2n) is 1.25. The molecule has 0 saturated heterocycles. The fourth-order valence-corrected chi connectivity index (χ4v) is 1.64. The normalized spacial score (nSPS) is 8.50. The van der Waals surface area contributed by atoms with E-state index in [-0.39, 0.29) is 0 Å². The summed E-state index contributed by atoms with van der Waals surface area (Å²) in [7, 11) is 0. The first kappa shape index (κ1) is 6.05. The van der Waals surface area contributed by atoms with Gasteiger partial charge in [0.25, 0.3) is 0 Å². The van der Waals surface area contributed by atoms with Crippen LogP contribution in [0, 0.1) is 14.2 Å². The van der Waals surface area contributed by atoms with E-state index in [4.69, 9.17) is 5.26 Å². The molecule has 1 heterocycles. The average Bonchev–Trinajstić information content (AvgIpc) is 2.14. The molecule has 0 aliphatic rings. The van der Waals surface area contributed by atoms with Gasteiger partial charge in [-0.05, 0) is 28.7 Å². The second-order valence-corrected chi connectivity index (χ2v) is 4.06. The van der Waals surface area contributed by atoms with Gasteiger partial charge in [-0.3, -0.25) is 0 Å². The van der Waals surface area contributed by atoms with Crippen LogP contribution in [0.15, 0.2) is 11.4 Å². The summed E-state index contributed by atoms with van der Waals surface area (Å²) in [5, 5.41) is 10.2. The molecule has 1 aromatic heterocycles. The van der Waals surface area contributed by atoms with E-state index in [0.29, 0.717) is 0 Å². The number of hydrogen-bond acceptors (Lipinski definition) is 2. The van der Waals surface area contributed by atoms with E-state index in [1.807, 2.05) is 11.4 Å². The van der Waals surface area contributed by atoms with Gasteiger partial charge < -0.3 is 0 Å². The van der Waals surface area contributed by atoms with Crippen LogP contribution in [0.4, 0.5) is 0 Å². The minimum absolute atomic E-state index is 0.763. The number of nitriles is 1. The Morgan fingerprint density at radius 3 is 2.75 bits per heavy atom. The van der Waals surface area contributed by atoms with Gasteiger partial charge in [0.15, 0.2) is 0 Å². The minimum Gasteiger partial charge on any atom is -0.192 e. The highest BCUT2D eigenvalue weighted by Gasteiger charge is 1.91. The van der Waals surface area contributed by atoms with Gasteiger partial charge in [0.05, 0.1) is 8.45 Å². The monoisotopic (exact) mass is 235 g/mol. The molecular formula is C5H2INS. The Hall–Kier alpha value is -0.0800. The molecule has 1 rings (SSSR count). The molecule has 8 heavy (non-hydrogen) atoms. The number of hydrogen-bond donors (Lipinski definition) is 0. The largest absolute Gasteiger partial charge is 0.192 e. The summed E-state index contributed by atoms with van der Waals surface area (Å²) in [6, 6.07) is 3.92. The molecule has 0 radical (unpaired) electrons. The Labute approximate surface area is 65.1 Å². The van der Waals surface area contributed by atoms with Crippen molar-refractivity contribution in [3.05, 3.63) is 19.9 Å². The van der Waals surface area contributed by atoms with E-state index in [2.05, 4.69) is 28.7 Å². The Bertz CT molecular complexity index is 223. The zero-order valence-corrected chi connectivity index (χ0v) is 6.86. The first-order chi connectivity index (χ1) is 3.83. The zero-order chi connectivity index (χ0) is 5.98. The third-order valence-electron chi connectivity index (χ3n) is 0.697. The molecule has 0 spiro atoms. The van der Waals surface area contributed by atoms with Crippen molar-refractivity contribution in [1.29, 1.82) is 5.26 Å². The molecule has 0 aliphatic heterocycles. The predicted molar refractivity (Wildman–Crippen MR) is 41.8 cm³/mol. The Morgan fingerprint density at radius 2 is 2.50 bits per heavy atom. The van der Waals surface area contributed by atoms with Crippen LogP contribution in [-0.2, 0) is 0 Å². The molecule has 1 nitrogen and oxygen atoms in total. The highest BCUT2D eigenvalue weighted by Crippen LogP contribution is 2.14. The van der Waals surface area contributed by atoms with Gasteiger partial charge in [-0.15, -0.1) is 11.3 Å². The number of halogens is 1. The summed E-state index contributed by atoms with van der Waals surface area (Å²) in [6.45, 7) is 0. The number of thiophene rings is 1. The maximum absolute atomic E-state index is 8.30. The minimum atomic E-state index is 0.763. The Morgan fingerprint density at radius 1 is 1.75 bits per heavy atom. The van der Waals surface area contributed by atoms with E-state index in [1.54, 1.807) is 11.3 Å². The van der Waals surface area contributed by atoms with Crippen LogP contribution in [0.2, 0.25) is 0 Å². The highest BCUT2D eigenvalue weighted by atomic mass is 127. The fraction of sp³-hybridized carbons (Fsp3) is 0. The summed E-state index contributed by atoms with van der Waals surface area (Å²) in [6.07, 6.45) is 0. The first-order valence-electron chi connectivity index (χ1n) is 1.97. The Balaban J connectivity index is 3.05. The SMILES string of the molecule is N#Cc1csc(I)c1. The van der Waals surface area contributed by atoms with Crippen LogP contribution in [0.25, 0.3) is 0 Å². The Kier molecular flexibility index (Phi) is 1.86. The molecule has 0 bridgehead atoms.